The molecule has 0 spiro atoms. The Hall–Kier alpha value is -3.55. The highest BCUT2D eigenvalue weighted by Gasteiger charge is 2.32. The van der Waals surface area contributed by atoms with Crippen molar-refractivity contribution in [2.45, 2.75) is 13.5 Å². The summed E-state index contributed by atoms with van der Waals surface area (Å²) in [6, 6.07) is 27.8. The van der Waals surface area contributed by atoms with Crippen molar-refractivity contribution in [3.8, 4) is 11.5 Å². The van der Waals surface area contributed by atoms with Gasteiger partial charge in [0.25, 0.3) is 5.91 Å². The maximum Gasteiger partial charge on any atom is 0.266 e. The van der Waals surface area contributed by atoms with Crippen molar-refractivity contribution < 1.29 is 14.3 Å². The van der Waals surface area contributed by atoms with Crippen LogP contribution in [0.15, 0.2) is 99.3 Å². The molecule has 1 saturated heterocycles. The molecule has 0 aromatic heterocycles. The van der Waals surface area contributed by atoms with Gasteiger partial charge in [0.15, 0.2) is 5.17 Å². The van der Waals surface area contributed by atoms with E-state index in [2.05, 4.69) is 40.2 Å². The fourth-order valence-corrected chi connectivity index (χ4v) is 5.55. The molecule has 5 rings (SSSR count). The number of rotatable bonds is 7. The summed E-state index contributed by atoms with van der Waals surface area (Å²) in [6.07, 6.45) is 1.88. The molecule has 0 aliphatic carbocycles. The Morgan fingerprint density at radius 3 is 2.57 bits per heavy atom. The van der Waals surface area contributed by atoms with Crippen molar-refractivity contribution in [1.29, 1.82) is 0 Å². The number of thioether (sulfide) groups is 1. The number of methoxy groups -OCH3 is 1. The number of amides is 1. The van der Waals surface area contributed by atoms with Crippen LogP contribution >= 0.6 is 27.7 Å². The van der Waals surface area contributed by atoms with Gasteiger partial charge in [0, 0.05) is 16.6 Å². The first-order chi connectivity index (χ1) is 18.1. The van der Waals surface area contributed by atoms with Crippen LogP contribution in [0.25, 0.3) is 16.8 Å². The average Bonchev–Trinajstić information content (AvgIpc) is 3.21. The summed E-state index contributed by atoms with van der Waals surface area (Å²) in [5, 5.41) is 3.00. The van der Waals surface area contributed by atoms with Gasteiger partial charge >= 0.3 is 0 Å². The van der Waals surface area contributed by atoms with Crippen LogP contribution in [0.3, 0.4) is 0 Å². The molecular weight excluding hydrogens is 548 g/mol. The van der Waals surface area contributed by atoms with E-state index < -0.39 is 0 Å². The number of aliphatic imine (C=N–C) groups is 1. The number of amidine groups is 1. The number of hydrogen-bond acceptors (Lipinski definition) is 5. The minimum atomic E-state index is -0.0697. The monoisotopic (exact) mass is 572 g/mol. The molecule has 0 N–H and O–H groups in total. The first-order valence-corrected chi connectivity index (χ1v) is 13.5. The van der Waals surface area contributed by atoms with Crippen molar-refractivity contribution in [3.05, 3.63) is 105 Å². The second-order valence-electron chi connectivity index (χ2n) is 8.36. The predicted octanol–water partition coefficient (Wildman–Crippen LogP) is 7.81. The summed E-state index contributed by atoms with van der Waals surface area (Å²) < 4.78 is 12.4. The summed E-state index contributed by atoms with van der Waals surface area (Å²) in [7, 11) is 1.63. The normalized spacial score (nSPS) is 15.6. The molecule has 0 bridgehead atoms. The second kappa shape index (κ2) is 11.2. The number of ether oxygens (including phenoxy) is 2. The zero-order chi connectivity index (χ0) is 25.8. The molecule has 1 fully saturated rings. The van der Waals surface area contributed by atoms with E-state index in [0.29, 0.717) is 29.0 Å². The highest BCUT2D eigenvalue weighted by molar-refractivity contribution is 9.10. The lowest BCUT2D eigenvalue weighted by Crippen LogP contribution is -2.28. The lowest BCUT2D eigenvalue weighted by atomic mass is 10.1. The molecule has 7 heteroatoms. The SMILES string of the molecule is CCN1C(=O)/C(=C\c2cc(Br)ccc2OCc2cccc3ccccc23)SC1=Nc1ccc(OC)cc1. The molecule has 0 atom stereocenters. The minimum Gasteiger partial charge on any atom is -0.497 e. The number of carbonyl (C=O) groups excluding carboxylic acids is 1. The third-order valence-corrected chi connectivity index (χ3v) is 7.52. The molecule has 4 aromatic rings. The Morgan fingerprint density at radius 1 is 1.00 bits per heavy atom. The van der Waals surface area contributed by atoms with Crippen LogP contribution < -0.4 is 9.47 Å². The Labute approximate surface area is 228 Å². The van der Waals surface area contributed by atoms with E-state index in [9.17, 15) is 4.79 Å². The highest BCUT2D eigenvalue weighted by atomic mass is 79.9. The largest absolute Gasteiger partial charge is 0.497 e. The molecule has 4 aromatic carbocycles. The van der Waals surface area contributed by atoms with Gasteiger partial charge in [0.2, 0.25) is 0 Å². The average molecular weight is 574 g/mol. The van der Waals surface area contributed by atoms with Gasteiger partial charge in [-0.25, -0.2) is 4.99 Å². The molecule has 186 valence electrons. The third kappa shape index (κ3) is 5.58. The maximum absolute atomic E-state index is 13.2. The Bertz CT molecular complexity index is 1510. The second-order valence-corrected chi connectivity index (χ2v) is 10.3. The summed E-state index contributed by atoms with van der Waals surface area (Å²) in [6.45, 7) is 2.90. The van der Waals surface area contributed by atoms with E-state index in [1.807, 2.05) is 73.7 Å². The minimum absolute atomic E-state index is 0.0697. The van der Waals surface area contributed by atoms with Crippen LogP contribution in [0.5, 0.6) is 11.5 Å². The zero-order valence-electron chi connectivity index (χ0n) is 20.5. The van der Waals surface area contributed by atoms with Crippen molar-refractivity contribution in [3.63, 3.8) is 0 Å². The number of fused-ring (bicyclic) bond motifs is 1. The predicted molar refractivity (Wildman–Crippen MR) is 155 cm³/mol. The van der Waals surface area contributed by atoms with Crippen molar-refractivity contribution >= 4 is 61.3 Å². The molecule has 0 radical (unpaired) electrons. The summed E-state index contributed by atoms with van der Waals surface area (Å²) in [4.78, 5) is 20.3. The van der Waals surface area contributed by atoms with Gasteiger partial charge in [0.1, 0.15) is 18.1 Å². The molecule has 1 amide bonds. The van der Waals surface area contributed by atoms with E-state index in [1.165, 1.54) is 22.5 Å². The summed E-state index contributed by atoms with van der Waals surface area (Å²) in [5.41, 5.74) is 2.70. The Balaban J connectivity index is 1.42. The number of likely N-dealkylation sites (N-methyl/N-ethyl adjacent to an activating group) is 1. The topological polar surface area (TPSA) is 51.1 Å². The van der Waals surface area contributed by atoms with E-state index in [0.717, 1.165) is 27.0 Å². The van der Waals surface area contributed by atoms with Gasteiger partial charge in [-0.3, -0.25) is 9.69 Å². The van der Waals surface area contributed by atoms with Crippen molar-refractivity contribution in [2.24, 2.45) is 4.99 Å². The van der Waals surface area contributed by atoms with Gasteiger partial charge in [-0.1, -0.05) is 58.4 Å². The summed E-state index contributed by atoms with van der Waals surface area (Å²) >= 11 is 4.93. The zero-order valence-corrected chi connectivity index (χ0v) is 22.9. The molecule has 5 nitrogen and oxygen atoms in total. The van der Waals surface area contributed by atoms with Crippen LogP contribution in [0, 0.1) is 0 Å². The maximum atomic E-state index is 13.2. The van der Waals surface area contributed by atoms with Crippen molar-refractivity contribution in [1.82, 2.24) is 4.90 Å². The van der Waals surface area contributed by atoms with Gasteiger partial charge < -0.3 is 9.47 Å². The van der Waals surface area contributed by atoms with E-state index in [4.69, 9.17) is 14.5 Å². The van der Waals surface area contributed by atoms with Crippen molar-refractivity contribution in [2.75, 3.05) is 13.7 Å². The lowest BCUT2D eigenvalue weighted by molar-refractivity contribution is -0.122. The summed E-state index contributed by atoms with van der Waals surface area (Å²) in [5.74, 6) is 1.40. The highest BCUT2D eigenvalue weighted by Crippen LogP contribution is 2.36. The lowest BCUT2D eigenvalue weighted by Gasteiger charge is -2.13. The fraction of sp³-hybridized carbons (Fsp3) is 0.133. The van der Waals surface area contributed by atoms with E-state index in [-0.39, 0.29) is 5.91 Å². The third-order valence-electron chi connectivity index (χ3n) is 6.02. The smallest absolute Gasteiger partial charge is 0.266 e. The van der Waals surface area contributed by atoms with E-state index >= 15 is 0 Å². The molecular formula is C30H25BrN2O3S. The van der Waals surface area contributed by atoms with Crippen LogP contribution in [0.2, 0.25) is 0 Å². The molecule has 0 saturated carbocycles. The molecule has 1 heterocycles. The number of benzene rings is 4. The Morgan fingerprint density at radius 2 is 1.78 bits per heavy atom. The number of carbonyl (C=O) groups is 1. The van der Waals surface area contributed by atoms with Gasteiger partial charge in [0.05, 0.1) is 17.7 Å². The van der Waals surface area contributed by atoms with Crippen LogP contribution in [-0.2, 0) is 11.4 Å². The first-order valence-electron chi connectivity index (χ1n) is 11.9. The first kappa shape index (κ1) is 25.1. The quantitative estimate of drug-likeness (QED) is 0.212. The number of hydrogen-bond donors (Lipinski definition) is 0. The number of halogens is 1. The van der Waals surface area contributed by atoms with Crippen LogP contribution in [0.1, 0.15) is 18.1 Å². The molecule has 0 unspecified atom stereocenters. The fourth-order valence-electron chi connectivity index (χ4n) is 4.12. The van der Waals surface area contributed by atoms with Crippen LogP contribution in [-0.4, -0.2) is 29.6 Å². The Kier molecular flexibility index (Phi) is 7.63. The molecule has 1 aliphatic rings. The number of nitrogens with zero attached hydrogens (tertiary/aromatic N) is 2. The molecule has 1 aliphatic heterocycles. The standard InChI is InChI=1S/C30H25BrN2O3S/c1-3-33-29(34)28(37-30(33)32-24-12-14-25(35-2)15-13-24)18-22-17-23(31)11-16-27(22)36-19-21-9-6-8-20-7-4-5-10-26(20)21/h4-18H,3,19H2,1-2H3/b28-18+,32-30?. The van der Waals surface area contributed by atoms with Gasteiger partial charge in [-0.2, -0.15) is 0 Å². The molecule has 37 heavy (non-hydrogen) atoms. The van der Waals surface area contributed by atoms with Crippen LogP contribution in [0.4, 0.5) is 5.69 Å². The van der Waals surface area contributed by atoms with E-state index in [1.54, 1.807) is 12.0 Å². The van der Waals surface area contributed by atoms with Gasteiger partial charge in [-0.05, 0) is 83.6 Å². The van der Waals surface area contributed by atoms with Gasteiger partial charge in [-0.15, -0.1) is 0 Å².